The van der Waals surface area contributed by atoms with Crippen LogP contribution in [0.2, 0.25) is 0 Å². The SMILES string of the molecule is CCNC(=O)C(C)N(Cc1cccc(OC)c1)C(=O)CN(c1ccc([N+](=O)[O-])cc1)S(=O)(=O)c1ccccc1. The van der Waals surface area contributed by atoms with Crippen molar-refractivity contribution in [3.63, 3.8) is 0 Å². The van der Waals surface area contributed by atoms with Gasteiger partial charge in [0, 0.05) is 25.2 Å². The van der Waals surface area contributed by atoms with Crippen LogP contribution in [-0.2, 0) is 26.2 Å². The van der Waals surface area contributed by atoms with E-state index in [1.807, 2.05) is 0 Å². The summed E-state index contributed by atoms with van der Waals surface area (Å²) in [6.45, 7) is 3.02. The third-order valence-electron chi connectivity index (χ3n) is 5.96. The molecule has 0 aliphatic heterocycles. The number of sulfonamides is 1. The molecule has 0 aliphatic carbocycles. The fourth-order valence-corrected chi connectivity index (χ4v) is 5.30. The summed E-state index contributed by atoms with van der Waals surface area (Å²) in [5.74, 6) is -0.485. The number of nitrogens with zero attached hydrogens (tertiary/aromatic N) is 3. The van der Waals surface area contributed by atoms with Crippen LogP contribution in [0.3, 0.4) is 0 Å². The van der Waals surface area contributed by atoms with Crippen molar-refractivity contribution in [2.45, 2.75) is 31.3 Å². The third-order valence-corrected chi connectivity index (χ3v) is 7.75. The number of amides is 2. The highest BCUT2D eigenvalue weighted by molar-refractivity contribution is 7.92. The number of carbonyl (C=O) groups is 2. The standard InChI is InChI=1S/C27H30N4O7S/c1-4-28-27(33)20(2)29(18-21-9-8-10-24(17-21)38-3)26(32)19-30(22-13-15-23(16-14-22)31(34)35)39(36,37)25-11-6-5-7-12-25/h5-17,20H,4,18-19H2,1-3H3,(H,28,33). The van der Waals surface area contributed by atoms with Crippen LogP contribution >= 0.6 is 0 Å². The molecule has 1 N–H and O–H groups in total. The molecule has 0 heterocycles. The van der Waals surface area contributed by atoms with Gasteiger partial charge in [0.05, 0.1) is 22.6 Å². The van der Waals surface area contributed by atoms with Gasteiger partial charge in [0.1, 0.15) is 18.3 Å². The van der Waals surface area contributed by atoms with Crippen LogP contribution < -0.4 is 14.4 Å². The Labute approximate surface area is 227 Å². The Hall–Kier alpha value is -4.45. The first-order chi connectivity index (χ1) is 18.6. The minimum atomic E-state index is -4.26. The molecule has 3 aromatic rings. The summed E-state index contributed by atoms with van der Waals surface area (Å²) in [6, 6.07) is 18.5. The molecule has 12 heteroatoms. The molecular weight excluding hydrogens is 524 g/mol. The van der Waals surface area contributed by atoms with Gasteiger partial charge in [-0.15, -0.1) is 0 Å². The van der Waals surface area contributed by atoms with E-state index in [0.717, 1.165) is 4.31 Å². The topological polar surface area (TPSA) is 139 Å². The Morgan fingerprint density at radius 3 is 2.28 bits per heavy atom. The minimum absolute atomic E-state index is 0.00776. The zero-order valence-corrected chi connectivity index (χ0v) is 22.6. The summed E-state index contributed by atoms with van der Waals surface area (Å²) in [5.41, 5.74) is 0.503. The van der Waals surface area contributed by atoms with Gasteiger partial charge >= 0.3 is 0 Å². The van der Waals surface area contributed by atoms with Crippen molar-refractivity contribution in [3.8, 4) is 5.75 Å². The van der Waals surface area contributed by atoms with Crippen molar-refractivity contribution in [1.82, 2.24) is 10.2 Å². The molecule has 1 unspecified atom stereocenters. The largest absolute Gasteiger partial charge is 0.497 e. The Morgan fingerprint density at radius 2 is 1.69 bits per heavy atom. The first-order valence-electron chi connectivity index (χ1n) is 12.1. The lowest BCUT2D eigenvalue weighted by molar-refractivity contribution is -0.384. The lowest BCUT2D eigenvalue weighted by Gasteiger charge is -2.32. The second-order valence-electron chi connectivity index (χ2n) is 8.54. The quantitative estimate of drug-likeness (QED) is 0.268. The fraction of sp³-hybridized carbons (Fsp3) is 0.259. The molecule has 0 radical (unpaired) electrons. The number of nitrogens with one attached hydrogen (secondary N) is 1. The van der Waals surface area contributed by atoms with Crippen molar-refractivity contribution >= 4 is 33.2 Å². The van der Waals surface area contributed by atoms with E-state index in [-0.39, 0.29) is 22.8 Å². The highest BCUT2D eigenvalue weighted by Gasteiger charge is 2.32. The van der Waals surface area contributed by atoms with Gasteiger partial charge in [-0.2, -0.15) is 0 Å². The molecule has 0 saturated carbocycles. The van der Waals surface area contributed by atoms with E-state index in [1.54, 1.807) is 56.3 Å². The van der Waals surface area contributed by atoms with Crippen LogP contribution in [0, 0.1) is 10.1 Å². The monoisotopic (exact) mass is 554 g/mol. The number of carbonyl (C=O) groups excluding carboxylic acids is 2. The molecule has 2 amide bonds. The Morgan fingerprint density at radius 1 is 1.03 bits per heavy atom. The molecule has 0 bridgehead atoms. The van der Waals surface area contributed by atoms with Gasteiger partial charge in [-0.05, 0) is 55.8 Å². The average molecular weight is 555 g/mol. The molecule has 0 spiro atoms. The number of benzene rings is 3. The highest BCUT2D eigenvalue weighted by atomic mass is 32.2. The molecule has 206 valence electrons. The molecule has 1 atom stereocenters. The lowest BCUT2D eigenvalue weighted by Crippen LogP contribution is -2.51. The number of hydrogen-bond donors (Lipinski definition) is 1. The van der Waals surface area contributed by atoms with Crippen molar-refractivity contribution in [2.75, 3.05) is 24.5 Å². The van der Waals surface area contributed by atoms with Crippen LogP contribution in [0.5, 0.6) is 5.75 Å². The maximum atomic E-state index is 13.8. The second kappa shape index (κ2) is 12.9. The van der Waals surface area contributed by atoms with E-state index >= 15 is 0 Å². The highest BCUT2D eigenvalue weighted by Crippen LogP contribution is 2.26. The summed E-state index contributed by atoms with van der Waals surface area (Å²) in [6.07, 6.45) is 0. The van der Waals surface area contributed by atoms with Gasteiger partial charge in [0.25, 0.3) is 15.7 Å². The predicted molar refractivity (Wildman–Crippen MR) is 146 cm³/mol. The van der Waals surface area contributed by atoms with E-state index in [4.69, 9.17) is 4.74 Å². The van der Waals surface area contributed by atoms with Gasteiger partial charge in [-0.25, -0.2) is 8.42 Å². The molecule has 0 aromatic heterocycles. The van der Waals surface area contributed by atoms with Gasteiger partial charge in [0.2, 0.25) is 11.8 Å². The van der Waals surface area contributed by atoms with Crippen LogP contribution in [0.25, 0.3) is 0 Å². The van der Waals surface area contributed by atoms with Crippen LogP contribution in [0.1, 0.15) is 19.4 Å². The Balaban J connectivity index is 2.04. The van der Waals surface area contributed by atoms with E-state index in [1.165, 1.54) is 48.4 Å². The molecule has 3 aromatic carbocycles. The van der Waals surface area contributed by atoms with Crippen LogP contribution in [0.4, 0.5) is 11.4 Å². The number of likely N-dealkylation sites (N-methyl/N-ethyl adjacent to an activating group) is 1. The number of nitro groups is 1. The molecule has 0 saturated heterocycles. The third kappa shape index (κ3) is 7.11. The number of rotatable bonds is 12. The maximum Gasteiger partial charge on any atom is 0.269 e. The Kier molecular flexibility index (Phi) is 9.61. The molecule has 39 heavy (non-hydrogen) atoms. The van der Waals surface area contributed by atoms with Gasteiger partial charge < -0.3 is 15.0 Å². The zero-order chi connectivity index (χ0) is 28.6. The van der Waals surface area contributed by atoms with Gasteiger partial charge in [-0.1, -0.05) is 30.3 Å². The minimum Gasteiger partial charge on any atom is -0.497 e. The summed E-state index contributed by atoms with van der Waals surface area (Å²) < 4.78 is 33.5. The number of nitro benzene ring substituents is 1. The number of non-ortho nitro benzene ring substituents is 1. The van der Waals surface area contributed by atoms with Crippen molar-refractivity contribution in [1.29, 1.82) is 0 Å². The molecule has 3 rings (SSSR count). The first-order valence-corrected chi connectivity index (χ1v) is 13.5. The first kappa shape index (κ1) is 29.1. The molecule has 11 nitrogen and oxygen atoms in total. The molecular formula is C27H30N4O7S. The van der Waals surface area contributed by atoms with E-state index < -0.39 is 39.3 Å². The molecule has 0 aliphatic rings. The van der Waals surface area contributed by atoms with Crippen molar-refractivity contribution in [2.24, 2.45) is 0 Å². The lowest BCUT2D eigenvalue weighted by atomic mass is 10.1. The Bertz CT molecular complexity index is 1410. The maximum absolute atomic E-state index is 13.8. The molecule has 0 fully saturated rings. The average Bonchev–Trinajstić information content (AvgIpc) is 2.94. The summed E-state index contributed by atoms with van der Waals surface area (Å²) >= 11 is 0. The summed E-state index contributed by atoms with van der Waals surface area (Å²) in [4.78, 5) is 38.3. The van der Waals surface area contributed by atoms with Gasteiger partial charge in [0.15, 0.2) is 0 Å². The summed E-state index contributed by atoms with van der Waals surface area (Å²) in [7, 11) is -2.75. The number of methoxy groups -OCH3 is 1. The second-order valence-corrected chi connectivity index (χ2v) is 10.4. The van der Waals surface area contributed by atoms with E-state index in [9.17, 15) is 28.1 Å². The predicted octanol–water partition coefficient (Wildman–Crippen LogP) is 3.35. The van der Waals surface area contributed by atoms with Crippen molar-refractivity contribution < 1.29 is 27.7 Å². The zero-order valence-electron chi connectivity index (χ0n) is 21.8. The van der Waals surface area contributed by atoms with Crippen LogP contribution in [0.15, 0.2) is 83.8 Å². The van der Waals surface area contributed by atoms with E-state index in [2.05, 4.69) is 5.32 Å². The number of ether oxygens (including phenoxy) is 1. The summed E-state index contributed by atoms with van der Waals surface area (Å²) in [5, 5.41) is 13.8. The van der Waals surface area contributed by atoms with Crippen molar-refractivity contribution in [3.05, 3.63) is 94.5 Å². The number of hydrogen-bond acceptors (Lipinski definition) is 7. The van der Waals surface area contributed by atoms with E-state index in [0.29, 0.717) is 17.9 Å². The smallest absolute Gasteiger partial charge is 0.269 e. The number of anilines is 1. The normalized spacial score (nSPS) is 11.8. The van der Waals surface area contributed by atoms with Crippen LogP contribution in [-0.4, -0.2) is 56.3 Å². The fourth-order valence-electron chi connectivity index (χ4n) is 3.86. The van der Waals surface area contributed by atoms with Gasteiger partial charge in [-0.3, -0.25) is 24.0 Å².